The highest BCUT2D eigenvalue weighted by Crippen LogP contribution is 2.22. The predicted molar refractivity (Wildman–Crippen MR) is 69.8 cm³/mol. The average Bonchev–Trinajstić information content (AvgIpc) is 2.25. The first-order valence-electron chi connectivity index (χ1n) is 4.97. The zero-order chi connectivity index (χ0) is 12.1. The first kappa shape index (κ1) is 13.5. The molecule has 1 aromatic rings. The number of carbonyl (C=O) groups excluding carboxylic acids is 1. The number of hydrogen-bond donors (Lipinski definition) is 1. The van der Waals surface area contributed by atoms with Crippen molar-refractivity contribution in [2.24, 2.45) is 5.73 Å². The van der Waals surface area contributed by atoms with Gasteiger partial charge >= 0.3 is 0 Å². The number of amides is 1. The fourth-order valence-electron chi connectivity index (χ4n) is 1.30. The van der Waals surface area contributed by atoms with Crippen molar-refractivity contribution >= 4 is 33.4 Å². The second-order valence-corrected chi connectivity index (χ2v) is 4.78. The zero-order valence-corrected chi connectivity index (χ0v) is 11.4. The topological polar surface area (TPSA) is 46.3 Å². The summed E-state index contributed by atoms with van der Waals surface area (Å²) in [5.74, 6) is -0.0306. The Morgan fingerprint density at radius 2 is 2.25 bits per heavy atom. The molecule has 0 aliphatic rings. The average molecular weight is 306 g/mol. The van der Waals surface area contributed by atoms with E-state index >= 15 is 0 Å². The lowest BCUT2D eigenvalue weighted by molar-refractivity contribution is 0.0793. The number of carbonyl (C=O) groups is 1. The van der Waals surface area contributed by atoms with E-state index in [1.54, 1.807) is 30.1 Å². The van der Waals surface area contributed by atoms with Gasteiger partial charge in [-0.3, -0.25) is 4.79 Å². The third kappa shape index (κ3) is 3.47. The van der Waals surface area contributed by atoms with Crippen molar-refractivity contribution in [2.45, 2.75) is 6.42 Å². The quantitative estimate of drug-likeness (QED) is 0.929. The number of nitrogens with zero attached hydrogens (tertiary/aromatic N) is 1. The van der Waals surface area contributed by atoms with E-state index < -0.39 is 0 Å². The fraction of sp³-hybridized carbons (Fsp3) is 0.364. The van der Waals surface area contributed by atoms with Crippen molar-refractivity contribution in [3.05, 3.63) is 33.3 Å². The van der Waals surface area contributed by atoms with Crippen LogP contribution >= 0.6 is 27.5 Å². The van der Waals surface area contributed by atoms with Crippen LogP contribution in [0.5, 0.6) is 0 Å². The molecule has 0 heterocycles. The summed E-state index contributed by atoms with van der Waals surface area (Å²) in [4.78, 5) is 13.6. The van der Waals surface area contributed by atoms with E-state index in [1.165, 1.54) is 0 Å². The smallest absolute Gasteiger partial charge is 0.254 e. The molecule has 0 unspecified atom stereocenters. The molecule has 1 rings (SSSR count). The van der Waals surface area contributed by atoms with E-state index in [4.69, 9.17) is 17.3 Å². The van der Waals surface area contributed by atoms with Gasteiger partial charge in [-0.25, -0.2) is 0 Å². The second-order valence-electron chi connectivity index (χ2n) is 3.49. The standard InChI is InChI=1S/C11H14BrClN2O/c1-15(6-2-5-14)11(16)9-4-3-8(13)7-10(9)12/h3-4,7H,2,5-6,14H2,1H3. The Labute approximate surface area is 109 Å². The Morgan fingerprint density at radius 3 is 2.81 bits per heavy atom. The van der Waals surface area contributed by atoms with E-state index in [1.807, 2.05) is 0 Å². The monoisotopic (exact) mass is 304 g/mol. The normalized spacial score (nSPS) is 10.2. The third-order valence-corrected chi connectivity index (χ3v) is 3.10. The summed E-state index contributed by atoms with van der Waals surface area (Å²) in [6.07, 6.45) is 0.799. The molecular weight excluding hydrogens is 291 g/mol. The van der Waals surface area contributed by atoms with Gasteiger partial charge in [0.05, 0.1) is 5.56 Å². The van der Waals surface area contributed by atoms with Crippen molar-refractivity contribution in [1.82, 2.24) is 4.90 Å². The maximum atomic E-state index is 12.0. The molecule has 2 N–H and O–H groups in total. The third-order valence-electron chi connectivity index (χ3n) is 2.21. The minimum absolute atomic E-state index is 0.0306. The summed E-state index contributed by atoms with van der Waals surface area (Å²) in [6, 6.07) is 5.13. The molecule has 0 aromatic heterocycles. The predicted octanol–water partition coefficient (Wildman–Crippen LogP) is 2.52. The van der Waals surface area contributed by atoms with Crippen LogP contribution in [0.15, 0.2) is 22.7 Å². The Kier molecular flexibility index (Phi) is 5.25. The molecule has 0 fully saturated rings. The molecule has 0 saturated heterocycles. The number of halogens is 2. The Hall–Kier alpha value is -0.580. The second kappa shape index (κ2) is 6.23. The molecule has 3 nitrogen and oxygen atoms in total. The first-order chi connectivity index (χ1) is 7.56. The Balaban J connectivity index is 2.79. The molecular formula is C11H14BrClN2O. The van der Waals surface area contributed by atoms with Gasteiger partial charge in [0.2, 0.25) is 0 Å². The van der Waals surface area contributed by atoms with Gasteiger partial charge in [-0.1, -0.05) is 11.6 Å². The van der Waals surface area contributed by atoms with E-state index in [9.17, 15) is 4.79 Å². The van der Waals surface area contributed by atoms with Crippen LogP contribution in [-0.2, 0) is 0 Å². The molecule has 1 aromatic carbocycles. The first-order valence-corrected chi connectivity index (χ1v) is 6.14. The van der Waals surface area contributed by atoms with Crippen molar-refractivity contribution in [3.8, 4) is 0 Å². The molecule has 0 radical (unpaired) electrons. The molecule has 0 aliphatic carbocycles. The summed E-state index contributed by atoms with van der Waals surface area (Å²) in [7, 11) is 1.76. The van der Waals surface area contributed by atoms with Gasteiger partial charge in [0.1, 0.15) is 0 Å². The molecule has 0 aliphatic heterocycles. The summed E-state index contributed by atoms with van der Waals surface area (Å²) in [6.45, 7) is 1.24. The summed E-state index contributed by atoms with van der Waals surface area (Å²) < 4.78 is 0.713. The SMILES string of the molecule is CN(CCCN)C(=O)c1ccc(Cl)cc1Br. The molecule has 0 bridgehead atoms. The van der Waals surface area contributed by atoms with E-state index in [-0.39, 0.29) is 5.91 Å². The van der Waals surface area contributed by atoms with Crippen LogP contribution in [0.2, 0.25) is 5.02 Å². The molecule has 5 heteroatoms. The van der Waals surface area contributed by atoms with Crippen molar-refractivity contribution in [3.63, 3.8) is 0 Å². The lowest BCUT2D eigenvalue weighted by Gasteiger charge is -2.17. The maximum absolute atomic E-state index is 12.0. The molecule has 1 amide bonds. The minimum Gasteiger partial charge on any atom is -0.342 e. The Morgan fingerprint density at radius 1 is 1.56 bits per heavy atom. The van der Waals surface area contributed by atoms with Crippen LogP contribution in [-0.4, -0.2) is 30.9 Å². The summed E-state index contributed by atoms with van der Waals surface area (Å²) in [5, 5.41) is 0.605. The van der Waals surface area contributed by atoms with E-state index in [2.05, 4.69) is 15.9 Å². The minimum atomic E-state index is -0.0306. The maximum Gasteiger partial charge on any atom is 0.254 e. The van der Waals surface area contributed by atoms with Crippen LogP contribution in [0.25, 0.3) is 0 Å². The molecule has 88 valence electrons. The molecule has 0 saturated carbocycles. The zero-order valence-electron chi connectivity index (χ0n) is 9.04. The van der Waals surface area contributed by atoms with Gasteiger partial charge in [-0.05, 0) is 47.1 Å². The van der Waals surface area contributed by atoms with Gasteiger partial charge < -0.3 is 10.6 Å². The van der Waals surface area contributed by atoms with E-state index in [0.29, 0.717) is 28.1 Å². The highest BCUT2D eigenvalue weighted by Gasteiger charge is 2.14. The highest BCUT2D eigenvalue weighted by atomic mass is 79.9. The summed E-state index contributed by atoms with van der Waals surface area (Å²) >= 11 is 9.14. The van der Waals surface area contributed by atoms with Crippen molar-refractivity contribution < 1.29 is 4.79 Å². The summed E-state index contributed by atoms with van der Waals surface area (Å²) in [5.41, 5.74) is 6.02. The number of hydrogen-bond acceptors (Lipinski definition) is 2. The van der Waals surface area contributed by atoms with Gasteiger partial charge in [0.15, 0.2) is 0 Å². The number of nitrogens with two attached hydrogens (primary N) is 1. The molecule has 16 heavy (non-hydrogen) atoms. The van der Waals surface area contributed by atoms with Crippen molar-refractivity contribution in [2.75, 3.05) is 20.1 Å². The lowest BCUT2D eigenvalue weighted by atomic mass is 10.2. The fourth-order valence-corrected chi connectivity index (χ4v) is 2.15. The highest BCUT2D eigenvalue weighted by molar-refractivity contribution is 9.10. The largest absolute Gasteiger partial charge is 0.342 e. The molecule has 0 atom stereocenters. The Bertz CT molecular complexity index is 384. The molecule has 0 spiro atoms. The van der Waals surface area contributed by atoms with Gasteiger partial charge in [0.25, 0.3) is 5.91 Å². The van der Waals surface area contributed by atoms with Crippen molar-refractivity contribution in [1.29, 1.82) is 0 Å². The van der Waals surface area contributed by atoms with Crippen LogP contribution in [0.3, 0.4) is 0 Å². The van der Waals surface area contributed by atoms with Crippen LogP contribution in [0.4, 0.5) is 0 Å². The number of rotatable bonds is 4. The van der Waals surface area contributed by atoms with Crippen LogP contribution in [0.1, 0.15) is 16.8 Å². The number of benzene rings is 1. The van der Waals surface area contributed by atoms with Gasteiger partial charge in [-0.2, -0.15) is 0 Å². The van der Waals surface area contributed by atoms with Gasteiger partial charge in [-0.15, -0.1) is 0 Å². The van der Waals surface area contributed by atoms with Crippen LogP contribution in [0, 0.1) is 0 Å². The van der Waals surface area contributed by atoms with Crippen LogP contribution < -0.4 is 5.73 Å². The van der Waals surface area contributed by atoms with E-state index in [0.717, 1.165) is 6.42 Å². The lowest BCUT2D eigenvalue weighted by Crippen LogP contribution is -2.29. The van der Waals surface area contributed by atoms with Gasteiger partial charge in [0, 0.05) is 23.1 Å².